The van der Waals surface area contributed by atoms with Gasteiger partial charge in [-0.15, -0.1) is 11.8 Å². The van der Waals surface area contributed by atoms with E-state index < -0.39 is 0 Å². The molecule has 0 N–H and O–H groups in total. The lowest BCUT2D eigenvalue weighted by Gasteiger charge is -2.07. The van der Waals surface area contributed by atoms with Crippen LogP contribution in [0.3, 0.4) is 0 Å². The standard InChI is InChI=1S/C16H13NS/c1-18-16-9-5-3-7-13(16)15-11-10-12-6-2-4-8-14(12)17-15/h2-11H,1H3. The van der Waals surface area contributed by atoms with Gasteiger partial charge in [-0.2, -0.15) is 0 Å². The summed E-state index contributed by atoms with van der Waals surface area (Å²) in [7, 11) is 0. The molecule has 0 saturated heterocycles. The molecule has 18 heavy (non-hydrogen) atoms. The van der Waals surface area contributed by atoms with Gasteiger partial charge in [0.25, 0.3) is 0 Å². The van der Waals surface area contributed by atoms with E-state index in [2.05, 4.69) is 54.8 Å². The SMILES string of the molecule is CSc1ccccc1-c1ccc2ccccc2n1. The van der Waals surface area contributed by atoms with Crippen molar-refractivity contribution in [1.82, 2.24) is 4.98 Å². The summed E-state index contributed by atoms with van der Waals surface area (Å²) < 4.78 is 0. The predicted octanol–water partition coefficient (Wildman–Crippen LogP) is 4.62. The first-order valence-corrected chi connectivity index (χ1v) is 7.10. The molecular weight excluding hydrogens is 238 g/mol. The molecule has 0 fully saturated rings. The maximum absolute atomic E-state index is 4.74. The van der Waals surface area contributed by atoms with Gasteiger partial charge in [0.2, 0.25) is 0 Å². The summed E-state index contributed by atoms with van der Waals surface area (Å²) in [4.78, 5) is 6.00. The van der Waals surface area contributed by atoms with E-state index in [1.165, 1.54) is 15.8 Å². The minimum atomic E-state index is 1.04. The Morgan fingerprint density at radius 3 is 2.50 bits per heavy atom. The monoisotopic (exact) mass is 251 g/mol. The molecule has 0 amide bonds. The fourth-order valence-electron chi connectivity index (χ4n) is 2.07. The van der Waals surface area contributed by atoms with Crippen LogP contribution in [0.4, 0.5) is 0 Å². The van der Waals surface area contributed by atoms with Crippen molar-refractivity contribution in [2.45, 2.75) is 4.90 Å². The summed E-state index contributed by atoms with van der Waals surface area (Å²) in [6.07, 6.45) is 2.10. The van der Waals surface area contributed by atoms with Crippen molar-refractivity contribution < 1.29 is 0 Å². The number of benzene rings is 2. The van der Waals surface area contributed by atoms with Crippen molar-refractivity contribution >= 4 is 22.7 Å². The summed E-state index contributed by atoms with van der Waals surface area (Å²) in [5.41, 5.74) is 3.29. The molecule has 0 aliphatic heterocycles. The molecule has 0 aliphatic carbocycles. The zero-order valence-electron chi connectivity index (χ0n) is 10.1. The largest absolute Gasteiger partial charge is 0.248 e. The smallest absolute Gasteiger partial charge is 0.0720 e. The van der Waals surface area contributed by atoms with Gasteiger partial charge < -0.3 is 0 Å². The first-order valence-electron chi connectivity index (χ1n) is 5.87. The van der Waals surface area contributed by atoms with Gasteiger partial charge in [-0.1, -0.05) is 42.5 Å². The lowest BCUT2D eigenvalue weighted by molar-refractivity contribution is 1.35. The van der Waals surface area contributed by atoms with E-state index in [0.29, 0.717) is 0 Å². The van der Waals surface area contributed by atoms with Crippen LogP contribution in [-0.2, 0) is 0 Å². The summed E-state index contributed by atoms with van der Waals surface area (Å²) in [6.45, 7) is 0. The molecular formula is C16H13NS. The van der Waals surface area contributed by atoms with Gasteiger partial charge in [-0.3, -0.25) is 0 Å². The van der Waals surface area contributed by atoms with E-state index in [9.17, 15) is 0 Å². The van der Waals surface area contributed by atoms with Crippen LogP contribution < -0.4 is 0 Å². The minimum absolute atomic E-state index is 1.04. The number of hydrogen-bond donors (Lipinski definition) is 0. The molecule has 88 valence electrons. The van der Waals surface area contributed by atoms with Crippen molar-refractivity contribution in [3.8, 4) is 11.3 Å². The number of rotatable bonds is 2. The number of aromatic nitrogens is 1. The van der Waals surface area contributed by atoms with Crippen molar-refractivity contribution in [3.63, 3.8) is 0 Å². The van der Waals surface area contributed by atoms with Crippen LogP contribution in [0.15, 0.2) is 65.6 Å². The fraction of sp³-hybridized carbons (Fsp3) is 0.0625. The predicted molar refractivity (Wildman–Crippen MR) is 79.0 cm³/mol. The highest BCUT2D eigenvalue weighted by molar-refractivity contribution is 7.98. The Balaban J connectivity index is 2.19. The topological polar surface area (TPSA) is 12.9 Å². The van der Waals surface area contributed by atoms with Gasteiger partial charge in [0, 0.05) is 15.8 Å². The lowest BCUT2D eigenvalue weighted by Crippen LogP contribution is -1.87. The van der Waals surface area contributed by atoms with Crippen molar-refractivity contribution in [2.24, 2.45) is 0 Å². The van der Waals surface area contributed by atoms with Crippen molar-refractivity contribution in [1.29, 1.82) is 0 Å². The Hall–Kier alpha value is -1.80. The van der Waals surface area contributed by atoms with Gasteiger partial charge in [0.1, 0.15) is 0 Å². The Morgan fingerprint density at radius 1 is 0.833 bits per heavy atom. The quantitative estimate of drug-likeness (QED) is 0.616. The minimum Gasteiger partial charge on any atom is -0.248 e. The van der Waals surface area contributed by atoms with E-state index in [-0.39, 0.29) is 0 Å². The lowest BCUT2D eigenvalue weighted by atomic mass is 10.1. The number of nitrogens with zero attached hydrogens (tertiary/aromatic N) is 1. The molecule has 1 heterocycles. The van der Waals surface area contributed by atoms with E-state index in [1.807, 2.05) is 12.1 Å². The maximum Gasteiger partial charge on any atom is 0.0720 e. The average molecular weight is 251 g/mol. The average Bonchev–Trinajstić information content (AvgIpc) is 2.46. The zero-order chi connectivity index (χ0) is 12.4. The fourth-order valence-corrected chi connectivity index (χ4v) is 2.68. The molecule has 0 atom stereocenters. The summed E-state index contributed by atoms with van der Waals surface area (Å²) in [6, 6.07) is 20.8. The van der Waals surface area contributed by atoms with E-state index in [4.69, 9.17) is 4.98 Å². The molecule has 1 aromatic heterocycles. The first kappa shape index (κ1) is 11.3. The zero-order valence-corrected chi connectivity index (χ0v) is 10.9. The molecule has 0 spiro atoms. The van der Waals surface area contributed by atoms with Crippen molar-refractivity contribution in [3.05, 3.63) is 60.7 Å². The second-order valence-electron chi connectivity index (χ2n) is 4.09. The first-order chi connectivity index (χ1) is 8.88. The molecule has 0 aliphatic rings. The highest BCUT2D eigenvalue weighted by Gasteiger charge is 2.05. The second kappa shape index (κ2) is 4.83. The maximum atomic E-state index is 4.74. The third-order valence-electron chi connectivity index (χ3n) is 2.98. The van der Waals surface area contributed by atoms with Crippen molar-refractivity contribution in [2.75, 3.05) is 6.26 Å². The Morgan fingerprint density at radius 2 is 1.61 bits per heavy atom. The van der Waals surface area contributed by atoms with Gasteiger partial charge in [0.05, 0.1) is 11.2 Å². The number of fused-ring (bicyclic) bond motifs is 1. The Labute approximate surface area is 111 Å². The highest BCUT2D eigenvalue weighted by atomic mass is 32.2. The Bertz CT molecular complexity index is 691. The highest BCUT2D eigenvalue weighted by Crippen LogP contribution is 2.29. The second-order valence-corrected chi connectivity index (χ2v) is 4.94. The van der Waals surface area contributed by atoms with Crippen LogP contribution in [0.25, 0.3) is 22.2 Å². The molecule has 1 nitrogen and oxygen atoms in total. The third kappa shape index (κ3) is 2.00. The van der Waals surface area contributed by atoms with Crippen LogP contribution in [0, 0.1) is 0 Å². The van der Waals surface area contributed by atoms with Crippen LogP contribution in [0.2, 0.25) is 0 Å². The molecule has 3 rings (SSSR count). The normalized spacial score (nSPS) is 10.7. The van der Waals surface area contributed by atoms with Gasteiger partial charge in [-0.25, -0.2) is 4.98 Å². The molecule has 2 aromatic carbocycles. The molecule has 0 saturated carbocycles. The molecule has 0 bridgehead atoms. The molecule has 0 unspecified atom stereocenters. The molecule has 0 radical (unpaired) electrons. The van der Waals surface area contributed by atoms with Crippen LogP contribution in [0.1, 0.15) is 0 Å². The molecule has 2 heteroatoms. The van der Waals surface area contributed by atoms with Crippen LogP contribution in [-0.4, -0.2) is 11.2 Å². The van der Waals surface area contributed by atoms with E-state index in [1.54, 1.807) is 11.8 Å². The molecule has 3 aromatic rings. The van der Waals surface area contributed by atoms with E-state index in [0.717, 1.165) is 11.2 Å². The van der Waals surface area contributed by atoms with Gasteiger partial charge in [-0.05, 0) is 24.5 Å². The van der Waals surface area contributed by atoms with Gasteiger partial charge in [0.15, 0.2) is 0 Å². The van der Waals surface area contributed by atoms with Gasteiger partial charge >= 0.3 is 0 Å². The van der Waals surface area contributed by atoms with Crippen LogP contribution in [0.5, 0.6) is 0 Å². The third-order valence-corrected chi connectivity index (χ3v) is 3.78. The number of pyridine rings is 1. The summed E-state index contributed by atoms with van der Waals surface area (Å²) in [5.74, 6) is 0. The summed E-state index contributed by atoms with van der Waals surface area (Å²) in [5, 5.41) is 1.18. The number of hydrogen-bond acceptors (Lipinski definition) is 2. The number of thioether (sulfide) groups is 1. The van der Waals surface area contributed by atoms with Crippen LogP contribution >= 0.6 is 11.8 Å². The van der Waals surface area contributed by atoms with E-state index >= 15 is 0 Å². The number of para-hydroxylation sites is 1. The summed E-state index contributed by atoms with van der Waals surface area (Å²) >= 11 is 1.76. The Kier molecular flexibility index (Phi) is 3.03.